The maximum absolute atomic E-state index is 12.1. The van der Waals surface area contributed by atoms with Crippen LogP contribution in [0.4, 0.5) is 0 Å². The molecule has 0 aliphatic rings. The molecule has 0 aliphatic carbocycles. The quantitative estimate of drug-likeness (QED) is 0.671. The van der Waals surface area contributed by atoms with Crippen LogP contribution in [0.25, 0.3) is 5.95 Å². The van der Waals surface area contributed by atoms with Crippen molar-refractivity contribution in [1.29, 1.82) is 0 Å². The number of H-pyrrole nitrogens is 1. The zero-order chi connectivity index (χ0) is 19.3. The van der Waals surface area contributed by atoms with Crippen molar-refractivity contribution < 1.29 is 4.79 Å². The van der Waals surface area contributed by atoms with Crippen LogP contribution in [0.5, 0.6) is 0 Å². The Labute approximate surface area is 154 Å². The second kappa shape index (κ2) is 8.78. The summed E-state index contributed by atoms with van der Waals surface area (Å²) in [7, 11) is 0. The molecule has 7 heteroatoms. The number of amides is 1. The molecule has 2 aromatic rings. The van der Waals surface area contributed by atoms with Crippen molar-refractivity contribution in [3.05, 3.63) is 39.1 Å². The molecule has 2 heterocycles. The van der Waals surface area contributed by atoms with E-state index in [0.29, 0.717) is 29.3 Å². The highest BCUT2D eigenvalue weighted by molar-refractivity contribution is 5.81. The molecule has 1 unspecified atom stereocenters. The van der Waals surface area contributed by atoms with Crippen molar-refractivity contribution in [2.24, 2.45) is 5.73 Å². The van der Waals surface area contributed by atoms with Crippen LogP contribution in [0.2, 0.25) is 0 Å². The van der Waals surface area contributed by atoms with Gasteiger partial charge in [0.1, 0.15) is 0 Å². The molecule has 0 aromatic carbocycles. The van der Waals surface area contributed by atoms with E-state index in [1.807, 2.05) is 13.0 Å². The molecule has 0 bridgehead atoms. The summed E-state index contributed by atoms with van der Waals surface area (Å²) >= 11 is 0. The molecular weight excluding hydrogens is 330 g/mol. The third-order valence-electron chi connectivity index (χ3n) is 4.74. The molecule has 2 rings (SSSR count). The lowest BCUT2D eigenvalue weighted by atomic mass is 9.96. The van der Waals surface area contributed by atoms with Gasteiger partial charge in [-0.25, -0.2) is 9.67 Å². The van der Waals surface area contributed by atoms with Crippen LogP contribution >= 0.6 is 0 Å². The zero-order valence-electron chi connectivity index (χ0n) is 16.1. The van der Waals surface area contributed by atoms with Gasteiger partial charge < -0.3 is 5.73 Å². The first-order valence-corrected chi connectivity index (χ1v) is 9.29. The number of primary amides is 1. The monoisotopic (exact) mass is 359 g/mol. The van der Waals surface area contributed by atoms with Gasteiger partial charge in [0.15, 0.2) is 0 Å². The molecule has 2 aromatic heterocycles. The fourth-order valence-corrected chi connectivity index (χ4v) is 3.06. The number of unbranched alkanes of at least 4 members (excludes halogenated alkanes) is 4. The molecule has 0 spiro atoms. The predicted molar refractivity (Wildman–Crippen MR) is 102 cm³/mol. The van der Waals surface area contributed by atoms with Gasteiger partial charge in [-0.05, 0) is 33.3 Å². The number of aromatic nitrogens is 4. The Kier molecular flexibility index (Phi) is 6.71. The molecule has 3 N–H and O–H groups in total. The number of carbonyl (C=O) groups excluding carboxylic acids is 1. The maximum atomic E-state index is 12.1. The molecule has 0 fully saturated rings. The second-order valence-electron chi connectivity index (χ2n) is 6.88. The van der Waals surface area contributed by atoms with E-state index in [9.17, 15) is 9.59 Å². The number of hydrogen-bond acceptors (Lipinski definition) is 4. The summed E-state index contributed by atoms with van der Waals surface area (Å²) in [6, 6.07) is 1.84. The number of nitrogens with one attached hydrogen (secondary N) is 1. The van der Waals surface area contributed by atoms with E-state index in [4.69, 9.17) is 5.73 Å². The first kappa shape index (κ1) is 19.9. The van der Waals surface area contributed by atoms with Gasteiger partial charge in [0.05, 0.1) is 17.3 Å². The van der Waals surface area contributed by atoms with Crippen LogP contribution in [-0.2, 0) is 4.79 Å². The Hall–Kier alpha value is -2.44. The third kappa shape index (κ3) is 4.59. The molecule has 26 heavy (non-hydrogen) atoms. The normalized spacial score (nSPS) is 12.3. The fourth-order valence-electron chi connectivity index (χ4n) is 3.06. The average molecular weight is 359 g/mol. The van der Waals surface area contributed by atoms with Crippen LogP contribution in [0.3, 0.4) is 0 Å². The Morgan fingerprint density at radius 3 is 2.54 bits per heavy atom. The highest BCUT2D eigenvalue weighted by Crippen LogP contribution is 2.25. The van der Waals surface area contributed by atoms with Crippen molar-refractivity contribution in [2.45, 2.75) is 72.1 Å². The van der Waals surface area contributed by atoms with Crippen LogP contribution in [0.15, 0.2) is 10.9 Å². The predicted octanol–water partition coefficient (Wildman–Crippen LogP) is 2.81. The summed E-state index contributed by atoms with van der Waals surface area (Å²) in [6.45, 7) is 7.52. The number of nitrogens with zero attached hydrogens (tertiary/aromatic N) is 3. The molecule has 0 radical (unpaired) electrons. The topological polar surface area (TPSA) is 107 Å². The summed E-state index contributed by atoms with van der Waals surface area (Å²) in [5.74, 6) is -0.518. The van der Waals surface area contributed by atoms with Gasteiger partial charge in [-0.15, -0.1) is 0 Å². The SMILES string of the molecule is CCCCCCCC(C(N)=O)c1cc(C)nn1-c1nc(C)c(C)c(=O)[nH]1. The van der Waals surface area contributed by atoms with Crippen molar-refractivity contribution in [2.75, 3.05) is 0 Å². The lowest BCUT2D eigenvalue weighted by Gasteiger charge is -2.15. The Morgan fingerprint density at radius 2 is 1.92 bits per heavy atom. The van der Waals surface area contributed by atoms with Crippen LogP contribution in [0.1, 0.15) is 74.0 Å². The number of carbonyl (C=O) groups is 1. The van der Waals surface area contributed by atoms with E-state index in [-0.39, 0.29) is 11.5 Å². The summed E-state index contributed by atoms with van der Waals surface area (Å²) in [4.78, 5) is 31.4. The number of rotatable bonds is 9. The lowest BCUT2D eigenvalue weighted by molar-refractivity contribution is -0.119. The highest BCUT2D eigenvalue weighted by Gasteiger charge is 2.24. The molecule has 1 atom stereocenters. The van der Waals surface area contributed by atoms with E-state index in [1.165, 1.54) is 12.8 Å². The molecule has 0 aliphatic heterocycles. The van der Waals surface area contributed by atoms with Crippen LogP contribution < -0.4 is 11.3 Å². The minimum absolute atomic E-state index is 0.207. The minimum Gasteiger partial charge on any atom is -0.369 e. The second-order valence-corrected chi connectivity index (χ2v) is 6.88. The molecule has 0 saturated heterocycles. The Morgan fingerprint density at radius 1 is 1.23 bits per heavy atom. The third-order valence-corrected chi connectivity index (χ3v) is 4.74. The van der Waals surface area contributed by atoms with E-state index in [1.54, 1.807) is 18.5 Å². The number of aryl methyl sites for hydroxylation is 2. The van der Waals surface area contributed by atoms with Gasteiger partial charge in [0, 0.05) is 11.3 Å². The van der Waals surface area contributed by atoms with Gasteiger partial charge >= 0.3 is 0 Å². The standard InChI is InChI=1S/C19H29N5O2/c1-5-6-7-8-9-10-15(17(20)25)16-11-12(2)23-24(16)19-21-14(4)13(3)18(26)22-19/h11,15H,5-10H2,1-4H3,(H2,20,25)(H,21,22,26). The van der Waals surface area contributed by atoms with Gasteiger partial charge in [-0.2, -0.15) is 5.10 Å². The zero-order valence-corrected chi connectivity index (χ0v) is 16.1. The number of aromatic amines is 1. The van der Waals surface area contributed by atoms with E-state index in [0.717, 1.165) is 25.0 Å². The van der Waals surface area contributed by atoms with Crippen molar-refractivity contribution >= 4 is 5.91 Å². The first-order chi connectivity index (χ1) is 12.3. The van der Waals surface area contributed by atoms with Gasteiger partial charge in [-0.1, -0.05) is 39.0 Å². The molecule has 142 valence electrons. The smallest absolute Gasteiger partial charge is 0.255 e. The molecule has 1 amide bonds. The highest BCUT2D eigenvalue weighted by atomic mass is 16.1. The first-order valence-electron chi connectivity index (χ1n) is 9.29. The Bertz CT molecular complexity index is 822. The average Bonchev–Trinajstić information content (AvgIpc) is 2.96. The van der Waals surface area contributed by atoms with Gasteiger partial charge in [0.2, 0.25) is 11.9 Å². The summed E-state index contributed by atoms with van der Waals surface area (Å²) in [6.07, 6.45) is 6.20. The summed E-state index contributed by atoms with van der Waals surface area (Å²) in [5, 5.41) is 4.43. The van der Waals surface area contributed by atoms with Crippen molar-refractivity contribution in [1.82, 2.24) is 19.7 Å². The molecule has 7 nitrogen and oxygen atoms in total. The van der Waals surface area contributed by atoms with Crippen LogP contribution in [0, 0.1) is 20.8 Å². The molecular formula is C19H29N5O2. The van der Waals surface area contributed by atoms with Crippen molar-refractivity contribution in [3.8, 4) is 5.95 Å². The van der Waals surface area contributed by atoms with E-state index in [2.05, 4.69) is 22.0 Å². The lowest BCUT2D eigenvalue weighted by Crippen LogP contribution is -2.25. The van der Waals surface area contributed by atoms with Crippen molar-refractivity contribution in [3.63, 3.8) is 0 Å². The fraction of sp³-hybridized carbons (Fsp3) is 0.579. The largest absolute Gasteiger partial charge is 0.369 e. The van der Waals surface area contributed by atoms with E-state index < -0.39 is 5.92 Å². The minimum atomic E-state index is -0.454. The molecule has 0 saturated carbocycles. The van der Waals surface area contributed by atoms with E-state index >= 15 is 0 Å². The number of nitrogens with two attached hydrogens (primary N) is 1. The number of hydrogen-bond donors (Lipinski definition) is 2. The summed E-state index contributed by atoms with van der Waals surface area (Å²) < 4.78 is 1.55. The van der Waals surface area contributed by atoms with Crippen LogP contribution in [-0.4, -0.2) is 25.7 Å². The Balaban J connectivity index is 2.33. The maximum Gasteiger partial charge on any atom is 0.255 e. The summed E-state index contributed by atoms with van der Waals surface area (Å²) in [5.41, 5.74) is 8.10. The van der Waals surface area contributed by atoms with Gasteiger partial charge in [0.25, 0.3) is 5.56 Å². The van der Waals surface area contributed by atoms with Gasteiger partial charge in [-0.3, -0.25) is 14.6 Å².